The van der Waals surface area contributed by atoms with Gasteiger partial charge in [0.2, 0.25) is 12.7 Å². The van der Waals surface area contributed by atoms with E-state index in [1.54, 1.807) is 14.2 Å². The molecule has 0 saturated carbocycles. The van der Waals surface area contributed by atoms with E-state index in [-0.39, 0.29) is 6.79 Å². The van der Waals surface area contributed by atoms with Gasteiger partial charge < -0.3 is 24.8 Å². The van der Waals surface area contributed by atoms with Crippen LogP contribution < -0.4 is 24.8 Å². The summed E-state index contributed by atoms with van der Waals surface area (Å²) in [7, 11) is 3.33. The van der Waals surface area contributed by atoms with Gasteiger partial charge in [-0.15, -0.1) is 0 Å². The molecular weight excluding hydrogens is 308 g/mol. The molecule has 0 unspecified atom stereocenters. The summed E-state index contributed by atoms with van der Waals surface area (Å²) in [6.45, 7) is 1.46. The van der Waals surface area contributed by atoms with Crippen LogP contribution in [0.4, 0.5) is 0 Å². The number of ether oxygens (including phenoxy) is 3. The van der Waals surface area contributed by atoms with Crippen LogP contribution in [0.3, 0.4) is 0 Å². The van der Waals surface area contributed by atoms with Crippen molar-refractivity contribution >= 4 is 5.96 Å². The van der Waals surface area contributed by atoms with Crippen LogP contribution in [0.5, 0.6) is 17.4 Å². The van der Waals surface area contributed by atoms with Crippen LogP contribution >= 0.6 is 0 Å². The maximum absolute atomic E-state index is 5.38. The monoisotopic (exact) mass is 328 g/mol. The molecule has 2 heterocycles. The van der Waals surface area contributed by atoms with Crippen molar-refractivity contribution in [2.24, 2.45) is 4.99 Å². The van der Waals surface area contributed by atoms with Crippen LogP contribution in [0, 0.1) is 0 Å². The summed E-state index contributed by atoms with van der Waals surface area (Å²) < 4.78 is 15.8. The van der Waals surface area contributed by atoms with Crippen LogP contribution in [0.1, 0.15) is 11.3 Å². The Morgan fingerprint density at radius 3 is 2.83 bits per heavy atom. The van der Waals surface area contributed by atoms with Gasteiger partial charge in [0.05, 0.1) is 19.3 Å². The highest BCUT2D eigenvalue weighted by atomic mass is 16.7. The predicted octanol–water partition coefficient (Wildman–Crippen LogP) is 1.68. The number of nitrogens with zero attached hydrogens (tertiary/aromatic N) is 2. The minimum Gasteiger partial charge on any atom is -0.481 e. The van der Waals surface area contributed by atoms with Crippen molar-refractivity contribution in [2.45, 2.75) is 13.1 Å². The van der Waals surface area contributed by atoms with Gasteiger partial charge in [0.15, 0.2) is 17.5 Å². The summed E-state index contributed by atoms with van der Waals surface area (Å²) in [4.78, 5) is 8.57. The number of fused-ring (bicyclic) bond motifs is 1. The van der Waals surface area contributed by atoms with E-state index in [0.717, 1.165) is 22.8 Å². The number of benzene rings is 1. The molecule has 7 nitrogen and oxygen atoms in total. The number of nitrogens with one attached hydrogen (secondary N) is 2. The number of methoxy groups -OCH3 is 1. The molecule has 0 atom stereocenters. The fourth-order valence-corrected chi connectivity index (χ4v) is 2.30. The Labute approximate surface area is 140 Å². The number of hydrogen-bond acceptors (Lipinski definition) is 5. The number of guanidine groups is 1. The number of pyridine rings is 1. The Hall–Kier alpha value is -2.96. The SMILES string of the molecule is CN=C(NCc1ccc2c(c1)OCO2)NCc1cccc(OC)n1. The minimum absolute atomic E-state index is 0.281. The molecule has 1 aromatic carbocycles. The third kappa shape index (κ3) is 3.87. The quantitative estimate of drug-likeness (QED) is 0.642. The average Bonchev–Trinajstić information content (AvgIpc) is 3.10. The number of aliphatic imine (C=N–C) groups is 1. The van der Waals surface area contributed by atoms with E-state index in [9.17, 15) is 0 Å². The lowest BCUT2D eigenvalue weighted by Gasteiger charge is -2.12. The van der Waals surface area contributed by atoms with Crippen molar-refractivity contribution in [1.29, 1.82) is 0 Å². The largest absolute Gasteiger partial charge is 0.481 e. The zero-order valence-corrected chi connectivity index (χ0v) is 13.7. The Balaban J connectivity index is 1.53. The van der Waals surface area contributed by atoms with E-state index < -0.39 is 0 Å². The fourth-order valence-electron chi connectivity index (χ4n) is 2.30. The number of aromatic nitrogens is 1. The third-order valence-corrected chi connectivity index (χ3v) is 3.55. The summed E-state index contributed by atoms with van der Waals surface area (Å²) in [5.74, 6) is 2.85. The van der Waals surface area contributed by atoms with E-state index >= 15 is 0 Å². The first-order chi connectivity index (χ1) is 11.8. The normalized spacial score (nSPS) is 12.8. The van der Waals surface area contributed by atoms with Crippen LogP contribution in [0.15, 0.2) is 41.4 Å². The van der Waals surface area contributed by atoms with Crippen molar-refractivity contribution in [3.63, 3.8) is 0 Å². The van der Waals surface area contributed by atoms with E-state index in [0.29, 0.717) is 24.9 Å². The average molecular weight is 328 g/mol. The molecule has 2 N–H and O–H groups in total. The number of hydrogen-bond donors (Lipinski definition) is 2. The third-order valence-electron chi connectivity index (χ3n) is 3.55. The second-order valence-corrected chi connectivity index (χ2v) is 5.14. The molecule has 0 radical (unpaired) electrons. The molecule has 2 aromatic rings. The van der Waals surface area contributed by atoms with Crippen LogP contribution in [-0.2, 0) is 13.1 Å². The highest BCUT2D eigenvalue weighted by Crippen LogP contribution is 2.32. The summed E-state index contributed by atoms with van der Waals surface area (Å²) in [6, 6.07) is 11.5. The highest BCUT2D eigenvalue weighted by Gasteiger charge is 2.13. The zero-order valence-electron chi connectivity index (χ0n) is 13.7. The van der Waals surface area contributed by atoms with E-state index in [1.807, 2.05) is 36.4 Å². The first kappa shape index (κ1) is 15.9. The van der Waals surface area contributed by atoms with Crippen molar-refractivity contribution in [1.82, 2.24) is 15.6 Å². The summed E-state index contributed by atoms with van der Waals surface area (Å²) in [5.41, 5.74) is 1.96. The topological polar surface area (TPSA) is 77.0 Å². The van der Waals surface area contributed by atoms with Gasteiger partial charge in [-0.05, 0) is 23.8 Å². The lowest BCUT2D eigenvalue weighted by Crippen LogP contribution is -2.36. The lowest BCUT2D eigenvalue weighted by atomic mass is 10.2. The molecule has 0 saturated heterocycles. The Morgan fingerprint density at radius 2 is 2.00 bits per heavy atom. The van der Waals surface area contributed by atoms with Gasteiger partial charge in [0, 0.05) is 19.7 Å². The molecule has 126 valence electrons. The van der Waals surface area contributed by atoms with Gasteiger partial charge in [0.1, 0.15) is 0 Å². The van der Waals surface area contributed by atoms with E-state index in [2.05, 4.69) is 20.6 Å². The predicted molar refractivity (Wildman–Crippen MR) is 90.4 cm³/mol. The second kappa shape index (κ2) is 7.54. The maximum Gasteiger partial charge on any atom is 0.231 e. The molecule has 7 heteroatoms. The number of rotatable bonds is 5. The molecule has 0 spiro atoms. The molecule has 1 aromatic heterocycles. The Bertz CT molecular complexity index is 734. The smallest absolute Gasteiger partial charge is 0.231 e. The zero-order chi connectivity index (χ0) is 16.8. The second-order valence-electron chi connectivity index (χ2n) is 5.14. The Kier molecular flexibility index (Phi) is 5.00. The molecule has 24 heavy (non-hydrogen) atoms. The van der Waals surface area contributed by atoms with Gasteiger partial charge in [-0.3, -0.25) is 4.99 Å². The molecule has 0 fully saturated rings. The van der Waals surface area contributed by atoms with Gasteiger partial charge >= 0.3 is 0 Å². The minimum atomic E-state index is 0.281. The van der Waals surface area contributed by atoms with Crippen molar-refractivity contribution in [3.8, 4) is 17.4 Å². The molecule has 0 aliphatic carbocycles. The highest BCUT2D eigenvalue weighted by molar-refractivity contribution is 5.79. The van der Waals surface area contributed by atoms with Crippen LogP contribution in [-0.4, -0.2) is 31.9 Å². The van der Waals surface area contributed by atoms with Crippen molar-refractivity contribution in [3.05, 3.63) is 47.7 Å². The molecule has 3 rings (SSSR count). The van der Waals surface area contributed by atoms with Gasteiger partial charge in [-0.1, -0.05) is 12.1 Å². The first-order valence-electron chi connectivity index (χ1n) is 7.61. The van der Waals surface area contributed by atoms with E-state index in [4.69, 9.17) is 14.2 Å². The standard InChI is InChI=1S/C17H20N4O3/c1-18-17(20-10-13-4-3-5-16(21-13)22-2)19-9-12-6-7-14-15(8-12)24-11-23-14/h3-8H,9-11H2,1-2H3,(H2,18,19,20). The van der Waals surface area contributed by atoms with E-state index in [1.165, 1.54) is 0 Å². The Morgan fingerprint density at radius 1 is 1.17 bits per heavy atom. The molecule has 1 aliphatic rings. The summed E-state index contributed by atoms with van der Waals surface area (Å²) in [6.07, 6.45) is 0. The maximum atomic E-state index is 5.38. The molecule has 0 bridgehead atoms. The summed E-state index contributed by atoms with van der Waals surface area (Å²) >= 11 is 0. The van der Waals surface area contributed by atoms with Crippen LogP contribution in [0.25, 0.3) is 0 Å². The molecule has 1 aliphatic heterocycles. The lowest BCUT2D eigenvalue weighted by molar-refractivity contribution is 0.174. The van der Waals surface area contributed by atoms with Gasteiger partial charge in [0.25, 0.3) is 0 Å². The first-order valence-corrected chi connectivity index (χ1v) is 7.61. The van der Waals surface area contributed by atoms with Gasteiger partial charge in [-0.2, -0.15) is 0 Å². The van der Waals surface area contributed by atoms with Gasteiger partial charge in [-0.25, -0.2) is 4.98 Å². The van der Waals surface area contributed by atoms with Crippen molar-refractivity contribution in [2.75, 3.05) is 21.0 Å². The van der Waals surface area contributed by atoms with Crippen LogP contribution in [0.2, 0.25) is 0 Å². The van der Waals surface area contributed by atoms with Crippen molar-refractivity contribution < 1.29 is 14.2 Å². The summed E-state index contributed by atoms with van der Waals surface area (Å²) in [5, 5.41) is 6.48. The molecular formula is C17H20N4O3. The fraction of sp³-hybridized carbons (Fsp3) is 0.294. The molecule has 0 amide bonds.